The van der Waals surface area contributed by atoms with Gasteiger partial charge in [0.15, 0.2) is 0 Å². The number of carbonyl (C=O) groups is 1. The molecule has 9 heteroatoms. The normalized spacial score (nSPS) is 21.0. The van der Waals surface area contributed by atoms with Gasteiger partial charge in [0, 0.05) is 45.2 Å². The minimum Gasteiger partial charge on any atom is -0.391 e. The number of hydrogen-bond donors (Lipinski definition) is 3. The number of benzene rings is 1. The minimum absolute atomic E-state index is 0. The van der Waals surface area contributed by atoms with E-state index in [1.54, 1.807) is 0 Å². The predicted octanol–water partition coefficient (Wildman–Crippen LogP) is -0.331. The van der Waals surface area contributed by atoms with Crippen LogP contribution >= 0.6 is 12.4 Å². The second kappa shape index (κ2) is 8.07. The van der Waals surface area contributed by atoms with E-state index in [1.165, 1.54) is 38.4 Å². The highest BCUT2D eigenvalue weighted by Crippen LogP contribution is 2.14. The van der Waals surface area contributed by atoms with Crippen LogP contribution in [0.1, 0.15) is 10.4 Å². The van der Waals surface area contributed by atoms with E-state index in [0.717, 1.165) is 4.31 Å². The van der Waals surface area contributed by atoms with Crippen LogP contribution in [-0.2, 0) is 10.0 Å². The summed E-state index contributed by atoms with van der Waals surface area (Å²) in [6.07, 6.45) is -0.451. The van der Waals surface area contributed by atoms with Crippen LogP contribution < -0.4 is 10.6 Å². The summed E-state index contributed by atoms with van der Waals surface area (Å²) in [4.78, 5) is 12.2. The van der Waals surface area contributed by atoms with Crippen LogP contribution in [0.5, 0.6) is 0 Å². The van der Waals surface area contributed by atoms with Crippen molar-refractivity contribution in [2.45, 2.75) is 11.0 Å². The van der Waals surface area contributed by atoms with Gasteiger partial charge in [-0.15, -0.1) is 12.4 Å². The van der Waals surface area contributed by atoms with Gasteiger partial charge in [0.1, 0.15) is 0 Å². The molecule has 0 bridgehead atoms. The molecule has 3 N–H and O–H groups in total. The number of sulfonamides is 1. The molecule has 1 saturated heterocycles. The molecule has 1 aromatic carbocycles. The quantitative estimate of drug-likeness (QED) is 0.665. The van der Waals surface area contributed by atoms with E-state index in [9.17, 15) is 18.3 Å². The Kier molecular flexibility index (Phi) is 6.97. The van der Waals surface area contributed by atoms with Crippen molar-refractivity contribution in [3.05, 3.63) is 29.8 Å². The molecule has 1 aromatic rings. The number of amides is 1. The van der Waals surface area contributed by atoms with Crippen molar-refractivity contribution in [3.8, 4) is 0 Å². The molecule has 7 nitrogen and oxygen atoms in total. The lowest BCUT2D eigenvalue weighted by Crippen LogP contribution is -2.34. The SMILES string of the molecule is CN(C)S(=O)(=O)c1ccc(C(=O)NCC2CNCC2O)cc1.Cl. The zero-order valence-electron chi connectivity index (χ0n) is 13.0. The maximum atomic E-state index is 12.0. The fraction of sp³-hybridized carbons (Fsp3) is 0.500. The van der Waals surface area contributed by atoms with Crippen LogP contribution in [0.4, 0.5) is 0 Å². The first-order valence-electron chi connectivity index (χ1n) is 7.02. The second-order valence-corrected chi connectivity index (χ2v) is 7.66. The van der Waals surface area contributed by atoms with Gasteiger partial charge in [-0.3, -0.25) is 4.79 Å². The van der Waals surface area contributed by atoms with E-state index in [4.69, 9.17) is 0 Å². The lowest BCUT2D eigenvalue weighted by atomic mass is 10.1. The fourth-order valence-corrected chi connectivity index (χ4v) is 3.14. The van der Waals surface area contributed by atoms with E-state index >= 15 is 0 Å². The third-order valence-corrected chi connectivity index (χ3v) is 5.55. The topological polar surface area (TPSA) is 98.7 Å². The number of nitrogens with one attached hydrogen (secondary N) is 2. The molecule has 2 rings (SSSR count). The zero-order valence-corrected chi connectivity index (χ0v) is 14.7. The molecular weight excluding hydrogens is 342 g/mol. The van der Waals surface area contributed by atoms with Crippen LogP contribution in [0.15, 0.2) is 29.2 Å². The van der Waals surface area contributed by atoms with Gasteiger partial charge >= 0.3 is 0 Å². The second-order valence-electron chi connectivity index (χ2n) is 5.51. The fourth-order valence-electron chi connectivity index (χ4n) is 2.24. The predicted molar refractivity (Wildman–Crippen MR) is 89.3 cm³/mol. The highest BCUT2D eigenvalue weighted by Gasteiger charge is 2.25. The Bertz CT molecular complexity index is 634. The summed E-state index contributed by atoms with van der Waals surface area (Å²) in [5.74, 6) is -0.287. The van der Waals surface area contributed by atoms with E-state index in [1.807, 2.05) is 0 Å². The Balaban J connectivity index is 0.00000264. The van der Waals surface area contributed by atoms with Crippen molar-refractivity contribution >= 4 is 28.3 Å². The molecule has 1 amide bonds. The van der Waals surface area contributed by atoms with Gasteiger partial charge in [0.05, 0.1) is 11.0 Å². The highest BCUT2D eigenvalue weighted by molar-refractivity contribution is 7.89. The van der Waals surface area contributed by atoms with Crippen LogP contribution in [0.2, 0.25) is 0 Å². The molecule has 0 aromatic heterocycles. The molecule has 1 aliphatic heterocycles. The third-order valence-electron chi connectivity index (χ3n) is 3.72. The van der Waals surface area contributed by atoms with Crippen molar-refractivity contribution in [2.75, 3.05) is 33.7 Å². The summed E-state index contributed by atoms with van der Waals surface area (Å²) in [5, 5.41) is 15.5. The standard InChI is InChI=1S/C14H21N3O4S.ClH/c1-17(2)22(20,21)12-5-3-10(4-6-12)14(19)16-8-11-7-15-9-13(11)18;/h3-6,11,13,15,18H,7-9H2,1-2H3,(H,16,19);1H. The third kappa shape index (κ3) is 4.65. The number of carbonyl (C=O) groups excluding carboxylic acids is 1. The Morgan fingerprint density at radius 1 is 1.30 bits per heavy atom. The number of nitrogens with zero attached hydrogens (tertiary/aromatic N) is 1. The molecule has 0 spiro atoms. The number of aliphatic hydroxyl groups excluding tert-OH is 1. The first-order valence-corrected chi connectivity index (χ1v) is 8.46. The molecule has 0 saturated carbocycles. The average molecular weight is 364 g/mol. The maximum Gasteiger partial charge on any atom is 0.251 e. The van der Waals surface area contributed by atoms with Crippen LogP contribution in [0.3, 0.4) is 0 Å². The van der Waals surface area contributed by atoms with Gasteiger partial charge in [-0.05, 0) is 24.3 Å². The van der Waals surface area contributed by atoms with Crippen molar-refractivity contribution in [1.29, 1.82) is 0 Å². The Hall–Kier alpha value is -1.19. The van der Waals surface area contributed by atoms with E-state index in [-0.39, 0.29) is 29.1 Å². The van der Waals surface area contributed by atoms with E-state index in [0.29, 0.717) is 25.2 Å². The molecule has 1 fully saturated rings. The Morgan fingerprint density at radius 2 is 1.91 bits per heavy atom. The zero-order chi connectivity index (χ0) is 16.3. The summed E-state index contributed by atoms with van der Waals surface area (Å²) in [7, 11) is -0.581. The smallest absolute Gasteiger partial charge is 0.251 e. The monoisotopic (exact) mass is 363 g/mol. The summed E-state index contributed by atoms with van der Waals surface area (Å²) in [6, 6.07) is 5.79. The first kappa shape index (κ1) is 19.9. The van der Waals surface area contributed by atoms with Gasteiger partial charge in [-0.25, -0.2) is 12.7 Å². The van der Waals surface area contributed by atoms with Gasteiger partial charge in [-0.1, -0.05) is 0 Å². The highest BCUT2D eigenvalue weighted by atomic mass is 35.5. The van der Waals surface area contributed by atoms with Gasteiger partial charge in [0.2, 0.25) is 10.0 Å². The molecule has 0 radical (unpaired) electrons. The molecule has 1 heterocycles. The largest absolute Gasteiger partial charge is 0.391 e. The average Bonchev–Trinajstić information content (AvgIpc) is 2.90. The van der Waals surface area contributed by atoms with Gasteiger partial charge < -0.3 is 15.7 Å². The van der Waals surface area contributed by atoms with E-state index < -0.39 is 16.1 Å². The molecule has 1 aliphatic rings. The molecule has 0 aliphatic carbocycles. The van der Waals surface area contributed by atoms with Crippen LogP contribution in [0, 0.1) is 5.92 Å². The van der Waals surface area contributed by atoms with Crippen molar-refractivity contribution in [1.82, 2.24) is 14.9 Å². The van der Waals surface area contributed by atoms with Crippen molar-refractivity contribution < 1.29 is 18.3 Å². The molecule has 2 unspecified atom stereocenters. The van der Waals surface area contributed by atoms with Crippen LogP contribution in [0.25, 0.3) is 0 Å². The number of β-amino-alcohol motifs (C(OH)–C–C–N with tert-alkyl or cyclic N) is 1. The number of rotatable bonds is 5. The number of halogens is 1. The number of aliphatic hydroxyl groups is 1. The Morgan fingerprint density at radius 3 is 2.39 bits per heavy atom. The van der Waals surface area contributed by atoms with Gasteiger partial charge in [-0.2, -0.15) is 0 Å². The minimum atomic E-state index is -3.49. The number of hydrogen-bond acceptors (Lipinski definition) is 5. The summed E-state index contributed by atoms with van der Waals surface area (Å²) in [6.45, 7) is 1.59. The molecular formula is C14H22ClN3O4S. The molecule has 130 valence electrons. The lowest BCUT2D eigenvalue weighted by molar-refractivity contribution is 0.0927. The first-order chi connectivity index (χ1) is 10.3. The van der Waals surface area contributed by atoms with E-state index in [2.05, 4.69) is 10.6 Å². The van der Waals surface area contributed by atoms with Gasteiger partial charge in [0.25, 0.3) is 5.91 Å². The lowest BCUT2D eigenvalue weighted by Gasteiger charge is -2.14. The Labute approximate surface area is 142 Å². The molecule has 2 atom stereocenters. The summed E-state index contributed by atoms with van der Waals surface area (Å²) >= 11 is 0. The van der Waals surface area contributed by atoms with Crippen molar-refractivity contribution in [3.63, 3.8) is 0 Å². The summed E-state index contributed by atoms with van der Waals surface area (Å²) < 4.78 is 25.0. The maximum absolute atomic E-state index is 12.0. The van der Waals surface area contributed by atoms with Crippen LogP contribution in [-0.4, -0.2) is 63.6 Å². The summed E-state index contributed by atoms with van der Waals surface area (Å²) in [5.41, 5.74) is 0.387. The van der Waals surface area contributed by atoms with Crippen molar-refractivity contribution in [2.24, 2.45) is 5.92 Å². The molecule has 23 heavy (non-hydrogen) atoms.